The average molecular weight is 259 g/mol. The van der Waals surface area contributed by atoms with Gasteiger partial charge in [-0.2, -0.15) is 0 Å². The van der Waals surface area contributed by atoms with Crippen LogP contribution in [0.15, 0.2) is 30.6 Å². The predicted octanol–water partition coefficient (Wildman–Crippen LogP) is 2.44. The van der Waals surface area contributed by atoms with E-state index in [-0.39, 0.29) is 5.91 Å². The smallest absolute Gasteiger partial charge is 0.265 e. The molecular formula is C13H13N3OS. The molecule has 0 bridgehead atoms. The Morgan fingerprint density at radius 3 is 2.78 bits per heavy atom. The Morgan fingerprint density at radius 2 is 2.06 bits per heavy atom. The summed E-state index contributed by atoms with van der Waals surface area (Å²) in [6, 6.07) is 5.70. The molecule has 0 N–H and O–H groups in total. The minimum atomic E-state index is 0.104. The molecule has 0 unspecified atom stereocenters. The van der Waals surface area contributed by atoms with E-state index in [4.69, 9.17) is 0 Å². The van der Waals surface area contributed by atoms with Crippen molar-refractivity contribution in [1.29, 1.82) is 0 Å². The van der Waals surface area contributed by atoms with Gasteiger partial charge in [0.2, 0.25) is 0 Å². The summed E-state index contributed by atoms with van der Waals surface area (Å²) in [5.74, 6) is 0.104. The quantitative estimate of drug-likeness (QED) is 0.832. The molecule has 5 heteroatoms. The van der Waals surface area contributed by atoms with Crippen LogP contribution in [0.25, 0.3) is 10.7 Å². The Balaban J connectivity index is 1.83. The Labute approximate surface area is 109 Å². The molecule has 3 heterocycles. The Kier molecular flexibility index (Phi) is 3.06. The first kappa shape index (κ1) is 11.3. The molecule has 0 aromatic carbocycles. The van der Waals surface area contributed by atoms with Crippen LogP contribution in [-0.4, -0.2) is 33.9 Å². The summed E-state index contributed by atoms with van der Waals surface area (Å²) in [6.07, 6.45) is 5.61. The van der Waals surface area contributed by atoms with Gasteiger partial charge >= 0.3 is 0 Å². The maximum Gasteiger partial charge on any atom is 0.265 e. The molecule has 0 spiro atoms. The molecule has 18 heavy (non-hydrogen) atoms. The van der Waals surface area contributed by atoms with Crippen molar-refractivity contribution < 1.29 is 4.79 Å². The zero-order valence-electron chi connectivity index (χ0n) is 9.87. The molecule has 1 aliphatic rings. The number of hydrogen-bond acceptors (Lipinski definition) is 4. The van der Waals surface area contributed by atoms with Crippen LogP contribution < -0.4 is 0 Å². The van der Waals surface area contributed by atoms with Gasteiger partial charge in [0.15, 0.2) is 0 Å². The molecule has 0 aliphatic carbocycles. The number of likely N-dealkylation sites (tertiary alicyclic amines) is 1. The van der Waals surface area contributed by atoms with Gasteiger partial charge in [-0.05, 0) is 25.0 Å². The van der Waals surface area contributed by atoms with Gasteiger partial charge in [-0.25, -0.2) is 4.98 Å². The van der Waals surface area contributed by atoms with Crippen LogP contribution in [0.5, 0.6) is 0 Å². The fourth-order valence-corrected chi connectivity index (χ4v) is 2.92. The van der Waals surface area contributed by atoms with Gasteiger partial charge in [-0.15, -0.1) is 11.3 Å². The minimum Gasteiger partial charge on any atom is -0.338 e. The van der Waals surface area contributed by atoms with Crippen LogP contribution >= 0.6 is 11.3 Å². The van der Waals surface area contributed by atoms with Gasteiger partial charge in [0, 0.05) is 19.3 Å². The highest BCUT2D eigenvalue weighted by atomic mass is 32.1. The van der Waals surface area contributed by atoms with Crippen molar-refractivity contribution in [1.82, 2.24) is 14.9 Å². The van der Waals surface area contributed by atoms with Crippen molar-refractivity contribution in [3.05, 3.63) is 35.5 Å². The topological polar surface area (TPSA) is 46.1 Å². The fraction of sp³-hybridized carbons (Fsp3) is 0.308. The van der Waals surface area contributed by atoms with E-state index in [0.29, 0.717) is 4.88 Å². The largest absolute Gasteiger partial charge is 0.338 e. The third kappa shape index (κ3) is 2.13. The number of amides is 1. The molecule has 2 aromatic heterocycles. The molecule has 0 saturated carbocycles. The van der Waals surface area contributed by atoms with Gasteiger partial charge in [0.25, 0.3) is 5.91 Å². The Morgan fingerprint density at radius 1 is 1.22 bits per heavy atom. The number of hydrogen-bond donors (Lipinski definition) is 0. The Hall–Kier alpha value is -1.75. The number of thiazole rings is 1. The number of rotatable bonds is 2. The molecular weight excluding hydrogens is 246 g/mol. The molecule has 1 aliphatic heterocycles. The van der Waals surface area contributed by atoms with Crippen molar-refractivity contribution in [3.8, 4) is 10.7 Å². The summed E-state index contributed by atoms with van der Waals surface area (Å²) in [5.41, 5.74) is 0.822. The maximum atomic E-state index is 12.2. The molecule has 2 aromatic rings. The lowest BCUT2D eigenvalue weighted by Crippen LogP contribution is -2.26. The second kappa shape index (κ2) is 4.86. The molecule has 1 fully saturated rings. The lowest BCUT2D eigenvalue weighted by Gasteiger charge is -2.12. The molecule has 0 radical (unpaired) electrons. The summed E-state index contributed by atoms with van der Waals surface area (Å²) >= 11 is 1.42. The van der Waals surface area contributed by atoms with Crippen LogP contribution in [0.4, 0.5) is 0 Å². The van der Waals surface area contributed by atoms with Gasteiger partial charge in [0.05, 0.1) is 11.9 Å². The van der Waals surface area contributed by atoms with Crippen LogP contribution in [0.2, 0.25) is 0 Å². The first-order valence-corrected chi connectivity index (χ1v) is 6.83. The lowest BCUT2D eigenvalue weighted by molar-refractivity contribution is 0.0797. The van der Waals surface area contributed by atoms with Crippen LogP contribution in [0.3, 0.4) is 0 Å². The van der Waals surface area contributed by atoms with Crippen molar-refractivity contribution in [2.45, 2.75) is 12.8 Å². The van der Waals surface area contributed by atoms with Gasteiger partial charge in [-0.1, -0.05) is 6.07 Å². The van der Waals surface area contributed by atoms with Gasteiger partial charge in [-0.3, -0.25) is 9.78 Å². The van der Waals surface area contributed by atoms with E-state index >= 15 is 0 Å². The van der Waals surface area contributed by atoms with E-state index in [2.05, 4.69) is 9.97 Å². The molecule has 3 rings (SSSR count). The summed E-state index contributed by atoms with van der Waals surface area (Å²) in [6.45, 7) is 1.74. The summed E-state index contributed by atoms with van der Waals surface area (Å²) in [4.78, 5) is 23.3. The zero-order valence-corrected chi connectivity index (χ0v) is 10.7. The van der Waals surface area contributed by atoms with E-state index < -0.39 is 0 Å². The second-order valence-electron chi connectivity index (χ2n) is 4.24. The summed E-state index contributed by atoms with van der Waals surface area (Å²) in [5, 5.41) is 0.804. The van der Waals surface area contributed by atoms with E-state index in [1.54, 1.807) is 12.4 Å². The number of aromatic nitrogens is 2. The zero-order chi connectivity index (χ0) is 12.4. The van der Waals surface area contributed by atoms with E-state index in [1.165, 1.54) is 11.3 Å². The van der Waals surface area contributed by atoms with Gasteiger partial charge in [0.1, 0.15) is 9.88 Å². The second-order valence-corrected chi connectivity index (χ2v) is 5.27. The number of carbonyl (C=O) groups excluding carboxylic acids is 1. The molecule has 0 atom stereocenters. The number of pyridine rings is 1. The van der Waals surface area contributed by atoms with Crippen molar-refractivity contribution in [2.75, 3.05) is 13.1 Å². The highest BCUT2D eigenvalue weighted by Crippen LogP contribution is 2.25. The maximum absolute atomic E-state index is 12.2. The third-order valence-corrected chi connectivity index (χ3v) is 4.00. The van der Waals surface area contributed by atoms with E-state index in [9.17, 15) is 4.79 Å². The Bertz CT molecular complexity index is 546. The summed E-state index contributed by atoms with van der Waals surface area (Å²) < 4.78 is 0. The molecule has 4 nitrogen and oxygen atoms in total. The monoisotopic (exact) mass is 259 g/mol. The molecule has 92 valence electrons. The standard InChI is InChI=1S/C13H13N3OS/c17-13(16-7-3-4-8-16)11-9-15-12(18-11)10-5-1-2-6-14-10/h1-2,5-6,9H,3-4,7-8H2. The fourth-order valence-electron chi connectivity index (χ4n) is 2.06. The van der Waals surface area contributed by atoms with Crippen LogP contribution in [-0.2, 0) is 0 Å². The highest BCUT2D eigenvalue weighted by Gasteiger charge is 2.21. The summed E-state index contributed by atoms with van der Waals surface area (Å²) in [7, 11) is 0. The van der Waals surface area contributed by atoms with Gasteiger partial charge < -0.3 is 4.90 Å². The SMILES string of the molecule is O=C(c1cnc(-c2ccccn2)s1)N1CCCC1. The lowest BCUT2D eigenvalue weighted by atomic mass is 10.4. The molecule has 1 amide bonds. The number of nitrogens with zero attached hydrogens (tertiary/aromatic N) is 3. The van der Waals surface area contributed by atoms with Crippen LogP contribution in [0, 0.1) is 0 Å². The van der Waals surface area contributed by atoms with E-state index in [0.717, 1.165) is 36.6 Å². The first-order chi connectivity index (χ1) is 8.84. The average Bonchev–Trinajstić information content (AvgIpc) is 3.10. The van der Waals surface area contributed by atoms with Crippen LogP contribution in [0.1, 0.15) is 22.5 Å². The molecule has 1 saturated heterocycles. The predicted molar refractivity (Wildman–Crippen MR) is 70.5 cm³/mol. The minimum absolute atomic E-state index is 0.104. The highest BCUT2D eigenvalue weighted by molar-refractivity contribution is 7.16. The van der Waals surface area contributed by atoms with Crippen molar-refractivity contribution >= 4 is 17.2 Å². The van der Waals surface area contributed by atoms with E-state index in [1.807, 2.05) is 23.1 Å². The normalized spacial score (nSPS) is 15.0. The van der Waals surface area contributed by atoms with Crippen molar-refractivity contribution in [3.63, 3.8) is 0 Å². The van der Waals surface area contributed by atoms with Crippen molar-refractivity contribution in [2.24, 2.45) is 0 Å². The number of carbonyl (C=O) groups is 1. The first-order valence-electron chi connectivity index (χ1n) is 6.01. The third-order valence-electron chi connectivity index (χ3n) is 2.99.